The van der Waals surface area contributed by atoms with E-state index in [-0.39, 0.29) is 24.3 Å². The second kappa shape index (κ2) is 9.80. The summed E-state index contributed by atoms with van der Waals surface area (Å²) in [7, 11) is -0.605. The summed E-state index contributed by atoms with van der Waals surface area (Å²) in [6, 6.07) is 7.96. The molecule has 1 aromatic carbocycles. The number of hydrogen-bond donors (Lipinski definition) is 1. The Labute approximate surface area is 249 Å². The molecule has 0 radical (unpaired) electrons. The van der Waals surface area contributed by atoms with E-state index in [1.165, 1.54) is 6.42 Å². The van der Waals surface area contributed by atoms with E-state index in [1.54, 1.807) is 6.26 Å². The topological polar surface area (TPSA) is 88.4 Å². The summed E-state index contributed by atoms with van der Waals surface area (Å²) < 4.78 is 38.7. The van der Waals surface area contributed by atoms with Gasteiger partial charge in [-0.2, -0.15) is 0 Å². The van der Waals surface area contributed by atoms with E-state index in [9.17, 15) is 4.79 Å². The first-order chi connectivity index (χ1) is 19.8. The van der Waals surface area contributed by atoms with Crippen molar-refractivity contribution in [2.45, 2.75) is 128 Å². The number of hydrogen-bond acceptors (Lipinski definition) is 7. The SMILES string of the molecule is C[C@H]1[C@@H](CC(=O)N[C@@H](Cc2coc3ccccc23)B2OC(C)(C)C(C)(C)O2)O[C@@H]2O[C@@]3(C)CC[C@H]4[C@H](C)CC[C@@H]1[C@@]24O3. The number of nitrogens with one attached hydrogen (secondary N) is 1. The number of benzene rings is 1. The zero-order chi connectivity index (χ0) is 29.7. The molecule has 8 nitrogen and oxygen atoms in total. The number of amides is 1. The van der Waals surface area contributed by atoms with Crippen molar-refractivity contribution in [3.8, 4) is 0 Å². The molecule has 228 valence electrons. The minimum absolute atomic E-state index is 0.0795. The largest absolute Gasteiger partial charge is 0.482 e. The fourth-order valence-corrected chi connectivity index (χ4v) is 8.62. The van der Waals surface area contributed by atoms with Gasteiger partial charge in [0.05, 0.1) is 35.9 Å². The predicted octanol–water partition coefficient (Wildman–Crippen LogP) is 5.80. The Morgan fingerprint density at radius 1 is 1.02 bits per heavy atom. The van der Waals surface area contributed by atoms with Crippen LogP contribution in [0, 0.1) is 23.7 Å². The molecule has 7 rings (SSSR count). The molecule has 42 heavy (non-hydrogen) atoms. The van der Waals surface area contributed by atoms with Gasteiger partial charge in [0.1, 0.15) is 11.2 Å². The normalized spacial score (nSPS) is 40.6. The van der Waals surface area contributed by atoms with Crippen LogP contribution in [0.2, 0.25) is 0 Å². The van der Waals surface area contributed by atoms with Gasteiger partial charge in [0, 0.05) is 11.8 Å². The van der Waals surface area contributed by atoms with Gasteiger partial charge in [0.25, 0.3) is 0 Å². The number of fused-ring (bicyclic) bond motifs is 2. The molecule has 5 aliphatic rings. The number of ether oxygens (including phenoxy) is 3. The molecule has 1 aromatic heterocycles. The Bertz CT molecular complexity index is 1340. The van der Waals surface area contributed by atoms with Crippen LogP contribution in [0.1, 0.15) is 86.1 Å². The van der Waals surface area contributed by atoms with E-state index in [2.05, 4.69) is 26.1 Å². The summed E-state index contributed by atoms with van der Waals surface area (Å²) in [5.41, 5.74) is 0.384. The fourth-order valence-electron chi connectivity index (χ4n) is 8.62. The van der Waals surface area contributed by atoms with Gasteiger partial charge in [-0.15, -0.1) is 0 Å². The lowest BCUT2D eigenvalue weighted by Gasteiger charge is -2.58. The van der Waals surface area contributed by atoms with Gasteiger partial charge >= 0.3 is 7.12 Å². The molecule has 4 saturated heterocycles. The molecule has 2 bridgehead atoms. The van der Waals surface area contributed by atoms with Crippen molar-refractivity contribution in [3.05, 3.63) is 36.1 Å². The van der Waals surface area contributed by atoms with E-state index >= 15 is 0 Å². The monoisotopic (exact) mass is 579 g/mol. The zero-order valence-electron chi connectivity index (χ0n) is 26.1. The molecule has 0 unspecified atom stereocenters. The molecule has 5 heterocycles. The first-order valence-electron chi connectivity index (χ1n) is 16.0. The summed E-state index contributed by atoms with van der Waals surface area (Å²) in [5.74, 6) is 0.366. The molecule has 2 aromatic rings. The van der Waals surface area contributed by atoms with Crippen LogP contribution in [0.4, 0.5) is 0 Å². The molecule has 1 aliphatic carbocycles. The van der Waals surface area contributed by atoms with Crippen LogP contribution in [0.5, 0.6) is 0 Å². The number of carbonyl (C=O) groups is 1. The maximum atomic E-state index is 13.8. The van der Waals surface area contributed by atoms with Gasteiger partial charge in [-0.3, -0.25) is 4.79 Å². The van der Waals surface area contributed by atoms with Crippen LogP contribution >= 0.6 is 0 Å². The molecule has 4 aliphatic heterocycles. The number of furan rings is 1. The van der Waals surface area contributed by atoms with Crippen molar-refractivity contribution in [1.29, 1.82) is 0 Å². The second-order valence-corrected chi connectivity index (χ2v) is 14.8. The van der Waals surface area contributed by atoms with Gasteiger partial charge in [-0.1, -0.05) is 32.0 Å². The molecule has 1 amide bonds. The molecule has 1 spiro atoms. The minimum atomic E-state index is -0.609. The summed E-state index contributed by atoms with van der Waals surface area (Å²) in [6.07, 6.45) is 6.07. The zero-order valence-corrected chi connectivity index (χ0v) is 26.1. The van der Waals surface area contributed by atoms with Crippen molar-refractivity contribution < 1.29 is 32.7 Å². The van der Waals surface area contributed by atoms with Crippen LogP contribution in [-0.4, -0.2) is 54.0 Å². The predicted molar refractivity (Wildman–Crippen MR) is 158 cm³/mol. The van der Waals surface area contributed by atoms with Crippen molar-refractivity contribution >= 4 is 24.0 Å². The maximum absolute atomic E-state index is 13.8. The van der Waals surface area contributed by atoms with Gasteiger partial charge < -0.3 is 33.3 Å². The maximum Gasteiger partial charge on any atom is 0.482 e. The molecule has 9 atom stereocenters. The summed E-state index contributed by atoms with van der Waals surface area (Å²) >= 11 is 0. The lowest BCUT2D eigenvalue weighted by atomic mass is 9.56. The lowest BCUT2D eigenvalue weighted by molar-refractivity contribution is -0.288. The van der Waals surface area contributed by atoms with Crippen LogP contribution in [0.25, 0.3) is 11.0 Å². The van der Waals surface area contributed by atoms with Crippen LogP contribution in [0.3, 0.4) is 0 Å². The number of carbonyl (C=O) groups excluding carboxylic acids is 1. The van der Waals surface area contributed by atoms with Crippen molar-refractivity contribution in [2.75, 3.05) is 0 Å². The molecule has 9 heteroatoms. The van der Waals surface area contributed by atoms with Crippen molar-refractivity contribution in [1.82, 2.24) is 5.32 Å². The highest BCUT2D eigenvalue weighted by atomic mass is 16.8. The van der Waals surface area contributed by atoms with E-state index in [4.69, 9.17) is 27.9 Å². The fraction of sp³-hybridized carbons (Fsp3) is 0.727. The van der Waals surface area contributed by atoms with Gasteiger partial charge in [0.15, 0.2) is 12.1 Å². The van der Waals surface area contributed by atoms with Gasteiger partial charge in [-0.05, 0) is 95.6 Å². The standard InChI is InChI=1S/C33H46BNO7/c1-19-12-13-24-20(2)26(38-29-33(24)23(19)14-15-32(7,39-29)40-33)17-28(36)35-27(34-41-30(3,4)31(5,6)42-34)16-21-18-37-25-11-9-8-10-22(21)25/h8-11,18-20,23-24,26-27,29H,12-17H2,1-7H3,(H,35,36)/t19-,20-,23+,24+,26-,27+,29-,32-,33-/m1/s1. The number of para-hydroxylation sites is 1. The number of rotatable bonds is 6. The first-order valence-corrected chi connectivity index (χ1v) is 16.0. The molecular weight excluding hydrogens is 533 g/mol. The highest BCUT2D eigenvalue weighted by molar-refractivity contribution is 6.48. The van der Waals surface area contributed by atoms with Crippen molar-refractivity contribution in [2.24, 2.45) is 23.7 Å². The average molecular weight is 580 g/mol. The van der Waals surface area contributed by atoms with E-state index in [0.29, 0.717) is 24.2 Å². The highest BCUT2D eigenvalue weighted by Crippen LogP contribution is 2.63. The quantitative estimate of drug-likeness (QED) is 0.433. The third kappa shape index (κ3) is 4.40. The van der Waals surface area contributed by atoms with E-state index in [0.717, 1.165) is 35.8 Å². The summed E-state index contributed by atoms with van der Waals surface area (Å²) in [4.78, 5) is 13.8. The van der Waals surface area contributed by atoms with Gasteiger partial charge in [0.2, 0.25) is 5.91 Å². The minimum Gasteiger partial charge on any atom is -0.464 e. The van der Waals surface area contributed by atoms with Crippen molar-refractivity contribution in [3.63, 3.8) is 0 Å². The van der Waals surface area contributed by atoms with Crippen LogP contribution in [0.15, 0.2) is 34.9 Å². The first kappa shape index (κ1) is 28.8. The average Bonchev–Trinajstić information content (AvgIpc) is 3.49. The molecule has 1 N–H and O–H groups in total. The lowest BCUT2D eigenvalue weighted by Crippen LogP contribution is -2.66. The van der Waals surface area contributed by atoms with Crippen LogP contribution in [-0.2, 0) is 34.7 Å². The Kier molecular flexibility index (Phi) is 6.73. The summed E-state index contributed by atoms with van der Waals surface area (Å²) in [6.45, 7) is 14.8. The Hall–Kier alpha value is -1.91. The Morgan fingerprint density at radius 3 is 2.52 bits per heavy atom. The van der Waals surface area contributed by atoms with E-state index in [1.807, 2.05) is 52.0 Å². The third-order valence-electron chi connectivity index (χ3n) is 11.7. The highest BCUT2D eigenvalue weighted by Gasteiger charge is 2.71. The molecule has 5 fully saturated rings. The molecule has 1 saturated carbocycles. The third-order valence-corrected chi connectivity index (χ3v) is 11.7. The summed E-state index contributed by atoms with van der Waals surface area (Å²) in [5, 5.41) is 4.33. The van der Waals surface area contributed by atoms with Crippen LogP contribution < -0.4 is 5.32 Å². The second-order valence-electron chi connectivity index (χ2n) is 14.8. The smallest absolute Gasteiger partial charge is 0.464 e. The molecular formula is C33H46BNO7. The Morgan fingerprint density at radius 2 is 1.76 bits per heavy atom. The Balaban J connectivity index is 1.11. The van der Waals surface area contributed by atoms with E-state index < -0.39 is 41.9 Å². The van der Waals surface area contributed by atoms with Gasteiger partial charge in [-0.25, -0.2) is 0 Å².